The largest absolute Gasteiger partial charge is 0.334 e. The number of hydrogen-bond acceptors (Lipinski definition) is 5. The Morgan fingerprint density at radius 1 is 1.36 bits per heavy atom. The molecule has 8 nitrogen and oxygen atoms in total. The summed E-state index contributed by atoms with van der Waals surface area (Å²) in [4.78, 5) is 15.0. The minimum Gasteiger partial charge on any atom is -0.334 e. The maximum atomic E-state index is 13.0. The molecule has 1 fully saturated rings. The fourth-order valence-electron chi connectivity index (χ4n) is 3.40. The molecule has 0 radical (unpaired) electrons. The predicted octanol–water partition coefficient (Wildman–Crippen LogP) is 1.47. The van der Waals surface area contributed by atoms with Crippen LogP contribution in [0.4, 0.5) is 0 Å². The van der Waals surface area contributed by atoms with Gasteiger partial charge in [-0.2, -0.15) is 5.10 Å². The molecule has 4 rings (SSSR count). The van der Waals surface area contributed by atoms with Crippen LogP contribution in [0.15, 0.2) is 43.0 Å². The van der Waals surface area contributed by atoms with Crippen LogP contribution in [0.25, 0.3) is 5.69 Å². The highest BCUT2D eigenvalue weighted by Gasteiger charge is 2.30. The topological polar surface area (TPSA) is 81.7 Å². The van der Waals surface area contributed by atoms with E-state index in [1.807, 2.05) is 47.0 Å². The molecular weight excluding hydrogens is 318 g/mol. The van der Waals surface area contributed by atoms with Crippen LogP contribution in [0.2, 0.25) is 0 Å². The van der Waals surface area contributed by atoms with E-state index in [0.29, 0.717) is 5.56 Å². The van der Waals surface area contributed by atoms with Crippen molar-refractivity contribution in [1.82, 2.24) is 34.9 Å². The molecule has 1 aliphatic heterocycles. The van der Waals surface area contributed by atoms with Gasteiger partial charge in [0.2, 0.25) is 0 Å². The van der Waals surface area contributed by atoms with Gasteiger partial charge in [0.05, 0.1) is 18.3 Å². The van der Waals surface area contributed by atoms with Crippen LogP contribution in [0.5, 0.6) is 0 Å². The SMILES string of the molecule is Cc1cc(C(=O)N2CCCC2Cn2cccn2)ccc1-n1cnnn1. The summed E-state index contributed by atoms with van der Waals surface area (Å²) in [5.41, 5.74) is 2.53. The van der Waals surface area contributed by atoms with Crippen molar-refractivity contribution in [2.24, 2.45) is 0 Å². The Bertz CT molecular complexity index is 857. The average Bonchev–Trinajstić information content (AvgIpc) is 3.37. The van der Waals surface area contributed by atoms with Gasteiger partial charge in [0.25, 0.3) is 5.91 Å². The number of hydrogen-bond donors (Lipinski definition) is 0. The van der Waals surface area contributed by atoms with E-state index in [9.17, 15) is 4.79 Å². The molecular formula is C17H19N7O. The lowest BCUT2D eigenvalue weighted by molar-refractivity contribution is 0.0721. The number of amides is 1. The smallest absolute Gasteiger partial charge is 0.254 e. The Kier molecular flexibility index (Phi) is 4.01. The van der Waals surface area contributed by atoms with Crippen molar-refractivity contribution in [3.8, 4) is 5.69 Å². The molecule has 1 amide bonds. The third-order valence-corrected chi connectivity index (χ3v) is 4.63. The molecule has 0 aliphatic carbocycles. The molecule has 1 atom stereocenters. The molecule has 1 aromatic carbocycles. The minimum absolute atomic E-state index is 0.0704. The lowest BCUT2D eigenvalue weighted by Gasteiger charge is -2.25. The number of aryl methyl sites for hydroxylation is 1. The predicted molar refractivity (Wildman–Crippen MR) is 90.2 cm³/mol. The second-order valence-corrected chi connectivity index (χ2v) is 6.28. The molecule has 0 bridgehead atoms. The molecule has 128 valence electrons. The van der Waals surface area contributed by atoms with Gasteiger partial charge in [-0.15, -0.1) is 5.10 Å². The Morgan fingerprint density at radius 2 is 2.28 bits per heavy atom. The third-order valence-electron chi connectivity index (χ3n) is 4.63. The van der Waals surface area contributed by atoms with Gasteiger partial charge in [0, 0.05) is 24.5 Å². The van der Waals surface area contributed by atoms with Crippen LogP contribution in [-0.4, -0.2) is 53.4 Å². The molecule has 1 saturated heterocycles. The summed E-state index contributed by atoms with van der Waals surface area (Å²) in [6.45, 7) is 3.48. The third kappa shape index (κ3) is 3.02. The minimum atomic E-state index is 0.0704. The molecule has 3 heterocycles. The normalized spacial score (nSPS) is 17.2. The standard InChI is InChI=1S/C17H19N7O/c1-13-10-14(5-6-16(13)24-12-18-20-21-24)17(25)23-9-2-4-15(23)11-22-8-3-7-19-22/h3,5-8,10,12,15H,2,4,9,11H2,1H3. The number of carbonyl (C=O) groups excluding carboxylic acids is 1. The van der Waals surface area contributed by atoms with Crippen LogP contribution in [0, 0.1) is 6.92 Å². The highest BCUT2D eigenvalue weighted by atomic mass is 16.2. The molecule has 0 spiro atoms. The van der Waals surface area contributed by atoms with E-state index in [0.717, 1.165) is 37.2 Å². The number of carbonyl (C=O) groups is 1. The van der Waals surface area contributed by atoms with Crippen molar-refractivity contribution in [2.45, 2.75) is 32.4 Å². The van der Waals surface area contributed by atoms with Gasteiger partial charge in [-0.05, 0) is 60.0 Å². The zero-order valence-electron chi connectivity index (χ0n) is 14.0. The molecule has 3 aromatic rings. The summed E-state index contributed by atoms with van der Waals surface area (Å²) in [6, 6.07) is 7.73. The summed E-state index contributed by atoms with van der Waals surface area (Å²) in [6.07, 6.45) is 7.28. The van der Waals surface area contributed by atoms with Gasteiger partial charge in [0.15, 0.2) is 0 Å². The van der Waals surface area contributed by atoms with Crippen LogP contribution in [-0.2, 0) is 6.54 Å². The number of rotatable bonds is 4. The van der Waals surface area contributed by atoms with Crippen molar-refractivity contribution >= 4 is 5.91 Å². The van der Waals surface area contributed by atoms with Crippen molar-refractivity contribution < 1.29 is 4.79 Å². The first-order valence-corrected chi connectivity index (χ1v) is 8.35. The van der Waals surface area contributed by atoms with E-state index in [2.05, 4.69) is 20.6 Å². The molecule has 25 heavy (non-hydrogen) atoms. The Labute approximate surface area is 145 Å². The number of benzene rings is 1. The van der Waals surface area contributed by atoms with E-state index in [-0.39, 0.29) is 11.9 Å². The van der Waals surface area contributed by atoms with Gasteiger partial charge < -0.3 is 4.90 Å². The van der Waals surface area contributed by atoms with Crippen molar-refractivity contribution in [3.05, 3.63) is 54.1 Å². The summed E-state index contributed by atoms with van der Waals surface area (Å²) in [7, 11) is 0. The Hall–Kier alpha value is -3.03. The van der Waals surface area contributed by atoms with E-state index in [1.54, 1.807) is 17.2 Å². The summed E-state index contributed by atoms with van der Waals surface area (Å²) in [5.74, 6) is 0.0704. The zero-order chi connectivity index (χ0) is 17.2. The summed E-state index contributed by atoms with van der Waals surface area (Å²) >= 11 is 0. The first-order chi connectivity index (χ1) is 12.2. The van der Waals surface area contributed by atoms with Crippen LogP contribution >= 0.6 is 0 Å². The molecule has 1 aliphatic rings. The summed E-state index contributed by atoms with van der Waals surface area (Å²) in [5, 5.41) is 15.5. The highest BCUT2D eigenvalue weighted by molar-refractivity contribution is 5.95. The molecule has 1 unspecified atom stereocenters. The lowest BCUT2D eigenvalue weighted by atomic mass is 10.1. The number of likely N-dealkylation sites (tertiary alicyclic amines) is 1. The zero-order valence-corrected chi connectivity index (χ0v) is 14.0. The van der Waals surface area contributed by atoms with Crippen molar-refractivity contribution in [2.75, 3.05) is 6.54 Å². The van der Waals surface area contributed by atoms with Gasteiger partial charge in [-0.3, -0.25) is 9.48 Å². The first kappa shape index (κ1) is 15.5. The number of nitrogens with zero attached hydrogens (tertiary/aromatic N) is 7. The Balaban J connectivity index is 1.54. The summed E-state index contributed by atoms with van der Waals surface area (Å²) < 4.78 is 3.49. The number of tetrazole rings is 1. The molecule has 8 heteroatoms. The Morgan fingerprint density at radius 3 is 3.00 bits per heavy atom. The van der Waals surface area contributed by atoms with E-state index in [1.165, 1.54) is 0 Å². The van der Waals surface area contributed by atoms with Crippen LogP contribution < -0.4 is 0 Å². The maximum absolute atomic E-state index is 13.0. The van der Waals surface area contributed by atoms with Gasteiger partial charge in [-0.1, -0.05) is 0 Å². The first-order valence-electron chi connectivity index (χ1n) is 8.35. The fraction of sp³-hybridized carbons (Fsp3) is 0.353. The highest BCUT2D eigenvalue weighted by Crippen LogP contribution is 2.23. The maximum Gasteiger partial charge on any atom is 0.254 e. The van der Waals surface area contributed by atoms with Crippen LogP contribution in [0.1, 0.15) is 28.8 Å². The van der Waals surface area contributed by atoms with E-state index < -0.39 is 0 Å². The van der Waals surface area contributed by atoms with E-state index >= 15 is 0 Å². The van der Waals surface area contributed by atoms with Gasteiger partial charge in [-0.25, -0.2) is 4.68 Å². The van der Waals surface area contributed by atoms with Crippen LogP contribution in [0.3, 0.4) is 0 Å². The van der Waals surface area contributed by atoms with Gasteiger partial charge in [0.1, 0.15) is 6.33 Å². The quantitative estimate of drug-likeness (QED) is 0.720. The molecule has 2 aromatic heterocycles. The molecule has 0 saturated carbocycles. The van der Waals surface area contributed by atoms with Gasteiger partial charge >= 0.3 is 0 Å². The van der Waals surface area contributed by atoms with Crippen molar-refractivity contribution in [1.29, 1.82) is 0 Å². The lowest BCUT2D eigenvalue weighted by Crippen LogP contribution is -2.38. The van der Waals surface area contributed by atoms with Crippen molar-refractivity contribution in [3.63, 3.8) is 0 Å². The van der Waals surface area contributed by atoms with E-state index in [4.69, 9.17) is 0 Å². The second kappa shape index (κ2) is 6.46. The monoisotopic (exact) mass is 337 g/mol. The average molecular weight is 337 g/mol. The molecule has 0 N–H and O–H groups in total. The fourth-order valence-corrected chi connectivity index (χ4v) is 3.40. The second-order valence-electron chi connectivity index (χ2n) is 6.28. The number of aromatic nitrogens is 6.